The van der Waals surface area contributed by atoms with Crippen LogP contribution < -0.4 is 5.32 Å². The summed E-state index contributed by atoms with van der Waals surface area (Å²) in [5.74, 6) is -0.180. The molecule has 1 aliphatic heterocycles. The fourth-order valence-electron chi connectivity index (χ4n) is 2.36. The number of fused-ring (bicyclic) bond motifs is 1. The van der Waals surface area contributed by atoms with Gasteiger partial charge in [0.15, 0.2) is 0 Å². The summed E-state index contributed by atoms with van der Waals surface area (Å²) >= 11 is 0. The van der Waals surface area contributed by atoms with Crippen LogP contribution in [0.5, 0.6) is 0 Å². The van der Waals surface area contributed by atoms with Gasteiger partial charge in [0.25, 0.3) is 0 Å². The first-order chi connectivity index (χ1) is 8.22. The molecule has 2 heteroatoms. The van der Waals surface area contributed by atoms with Gasteiger partial charge in [-0.25, -0.2) is 4.39 Å². The Bertz CT molecular complexity index is 545. The van der Waals surface area contributed by atoms with Gasteiger partial charge in [-0.1, -0.05) is 24.3 Å². The van der Waals surface area contributed by atoms with Gasteiger partial charge in [0.2, 0.25) is 0 Å². The molecule has 0 bridgehead atoms. The normalized spacial score (nSPS) is 17.6. The van der Waals surface area contributed by atoms with Crippen molar-refractivity contribution in [1.82, 2.24) is 0 Å². The highest BCUT2D eigenvalue weighted by atomic mass is 19.1. The molecular formula is C15H14FN. The predicted molar refractivity (Wildman–Crippen MR) is 67.6 cm³/mol. The van der Waals surface area contributed by atoms with Gasteiger partial charge in [-0.3, -0.25) is 0 Å². The Labute approximate surface area is 100 Å². The van der Waals surface area contributed by atoms with Gasteiger partial charge in [0, 0.05) is 5.69 Å². The van der Waals surface area contributed by atoms with Crippen molar-refractivity contribution in [3.05, 3.63) is 65.0 Å². The van der Waals surface area contributed by atoms with Crippen LogP contribution in [0.2, 0.25) is 0 Å². The molecule has 0 radical (unpaired) electrons. The number of benzene rings is 2. The van der Waals surface area contributed by atoms with Crippen LogP contribution in [-0.2, 0) is 6.42 Å². The van der Waals surface area contributed by atoms with Gasteiger partial charge in [-0.15, -0.1) is 0 Å². The number of anilines is 1. The maximum atomic E-state index is 12.9. The summed E-state index contributed by atoms with van der Waals surface area (Å²) < 4.78 is 12.9. The molecule has 1 heterocycles. The zero-order chi connectivity index (χ0) is 11.8. The fourth-order valence-corrected chi connectivity index (χ4v) is 2.36. The van der Waals surface area contributed by atoms with Crippen LogP contribution in [0.1, 0.15) is 22.7 Å². The van der Waals surface area contributed by atoms with Crippen LogP contribution in [0.4, 0.5) is 10.1 Å². The summed E-state index contributed by atoms with van der Waals surface area (Å²) in [6, 6.07) is 13.5. The number of hydrogen-bond donors (Lipinski definition) is 1. The first-order valence-corrected chi connectivity index (χ1v) is 5.84. The third kappa shape index (κ3) is 1.91. The minimum absolute atomic E-state index is 0.180. The zero-order valence-corrected chi connectivity index (χ0v) is 9.70. The van der Waals surface area contributed by atoms with E-state index in [1.165, 1.54) is 28.9 Å². The quantitative estimate of drug-likeness (QED) is 0.780. The summed E-state index contributed by atoms with van der Waals surface area (Å²) in [7, 11) is 0. The Morgan fingerprint density at radius 1 is 1.12 bits per heavy atom. The topological polar surface area (TPSA) is 12.0 Å². The molecule has 0 aromatic heterocycles. The number of nitrogens with one attached hydrogen (secondary N) is 1. The Morgan fingerprint density at radius 2 is 1.88 bits per heavy atom. The summed E-state index contributed by atoms with van der Waals surface area (Å²) in [6.07, 6.45) is 0.973. The molecule has 0 aliphatic carbocycles. The molecule has 2 aromatic carbocycles. The minimum Gasteiger partial charge on any atom is -0.378 e. The van der Waals surface area contributed by atoms with Gasteiger partial charge < -0.3 is 5.32 Å². The highest BCUT2D eigenvalue weighted by molar-refractivity contribution is 5.59. The Morgan fingerprint density at radius 3 is 2.65 bits per heavy atom. The van der Waals surface area contributed by atoms with Crippen LogP contribution >= 0.6 is 0 Å². The van der Waals surface area contributed by atoms with Crippen molar-refractivity contribution in [3.8, 4) is 0 Å². The average Bonchev–Trinajstić information content (AvgIpc) is 2.72. The van der Waals surface area contributed by atoms with Gasteiger partial charge in [-0.2, -0.15) is 0 Å². The average molecular weight is 227 g/mol. The highest BCUT2D eigenvalue weighted by Gasteiger charge is 2.21. The van der Waals surface area contributed by atoms with Gasteiger partial charge in [0.1, 0.15) is 5.82 Å². The molecule has 0 amide bonds. The van der Waals surface area contributed by atoms with Crippen molar-refractivity contribution in [2.45, 2.75) is 19.4 Å². The van der Waals surface area contributed by atoms with Crippen LogP contribution in [0, 0.1) is 12.7 Å². The number of halogens is 1. The summed E-state index contributed by atoms with van der Waals surface area (Å²) in [5, 5.41) is 3.49. The highest BCUT2D eigenvalue weighted by Crippen LogP contribution is 2.34. The molecule has 1 nitrogen and oxygen atoms in total. The first-order valence-electron chi connectivity index (χ1n) is 5.84. The second-order valence-electron chi connectivity index (χ2n) is 4.61. The maximum absolute atomic E-state index is 12.9. The van der Waals surface area contributed by atoms with Crippen LogP contribution in [0.15, 0.2) is 42.5 Å². The molecule has 3 rings (SSSR count). The van der Waals surface area contributed by atoms with Crippen molar-refractivity contribution < 1.29 is 4.39 Å². The molecule has 1 N–H and O–H groups in total. The molecule has 0 saturated heterocycles. The molecule has 1 aliphatic rings. The molecule has 0 spiro atoms. The lowest BCUT2D eigenvalue weighted by molar-refractivity contribution is 0.626. The van der Waals surface area contributed by atoms with Gasteiger partial charge in [-0.05, 0) is 48.2 Å². The van der Waals surface area contributed by atoms with E-state index in [-0.39, 0.29) is 11.9 Å². The molecule has 86 valence electrons. The third-order valence-electron chi connectivity index (χ3n) is 3.29. The van der Waals surface area contributed by atoms with Crippen molar-refractivity contribution in [2.75, 3.05) is 5.32 Å². The molecule has 2 aromatic rings. The van der Waals surface area contributed by atoms with Crippen molar-refractivity contribution in [2.24, 2.45) is 0 Å². The Kier molecular flexibility index (Phi) is 2.36. The van der Waals surface area contributed by atoms with E-state index in [4.69, 9.17) is 0 Å². The van der Waals surface area contributed by atoms with E-state index in [0.717, 1.165) is 12.0 Å². The maximum Gasteiger partial charge on any atom is 0.123 e. The number of aryl methyl sites for hydroxylation is 1. The Hall–Kier alpha value is -1.83. The second-order valence-corrected chi connectivity index (χ2v) is 4.61. The molecule has 17 heavy (non-hydrogen) atoms. The van der Waals surface area contributed by atoms with E-state index in [9.17, 15) is 4.39 Å². The monoisotopic (exact) mass is 227 g/mol. The number of rotatable bonds is 1. The third-order valence-corrected chi connectivity index (χ3v) is 3.29. The lowest BCUT2D eigenvalue weighted by atomic mass is 10.0. The van der Waals surface area contributed by atoms with E-state index in [1.54, 1.807) is 0 Å². The molecule has 0 saturated carbocycles. The Balaban J connectivity index is 1.88. The van der Waals surface area contributed by atoms with Crippen LogP contribution in [0.25, 0.3) is 0 Å². The first kappa shape index (κ1) is 10.3. The van der Waals surface area contributed by atoms with Crippen molar-refractivity contribution in [1.29, 1.82) is 0 Å². The van der Waals surface area contributed by atoms with E-state index in [2.05, 4.69) is 30.4 Å². The molecular weight excluding hydrogens is 213 g/mol. The van der Waals surface area contributed by atoms with Crippen molar-refractivity contribution >= 4 is 5.69 Å². The standard InChI is InChI=1S/C15H14FN/c1-10-2-3-12-9-15(17-14(12)8-10)11-4-6-13(16)7-5-11/h2-8,15,17H,9H2,1H3. The summed E-state index contributed by atoms with van der Waals surface area (Å²) in [6.45, 7) is 2.09. The van der Waals surface area contributed by atoms with E-state index in [0.29, 0.717) is 0 Å². The van der Waals surface area contributed by atoms with Gasteiger partial charge in [0.05, 0.1) is 6.04 Å². The molecule has 1 unspecified atom stereocenters. The van der Waals surface area contributed by atoms with Crippen molar-refractivity contribution in [3.63, 3.8) is 0 Å². The summed E-state index contributed by atoms with van der Waals surface area (Å²) in [4.78, 5) is 0. The molecule has 0 fully saturated rings. The van der Waals surface area contributed by atoms with Gasteiger partial charge >= 0.3 is 0 Å². The van der Waals surface area contributed by atoms with Crippen LogP contribution in [0.3, 0.4) is 0 Å². The summed E-state index contributed by atoms with van der Waals surface area (Å²) in [5.41, 5.74) is 4.94. The predicted octanol–water partition coefficient (Wildman–Crippen LogP) is 3.84. The minimum atomic E-state index is -0.180. The largest absolute Gasteiger partial charge is 0.378 e. The lowest BCUT2D eigenvalue weighted by Gasteiger charge is -2.11. The van der Waals surface area contributed by atoms with E-state index >= 15 is 0 Å². The lowest BCUT2D eigenvalue weighted by Crippen LogP contribution is -2.05. The SMILES string of the molecule is Cc1ccc2c(c1)NC(c1ccc(F)cc1)C2. The molecule has 1 atom stereocenters. The van der Waals surface area contributed by atoms with E-state index in [1.807, 2.05) is 12.1 Å². The second kappa shape index (κ2) is 3.88. The fraction of sp³-hybridized carbons (Fsp3) is 0.200. The number of hydrogen-bond acceptors (Lipinski definition) is 1. The zero-order valence-electron chi connectivity index (χ0n) is 9.70. The van der Waals surface area contributed by atoms with Crippen LogP contribution in [-0.4, -0.2) is 0 Å². The smallest absolute Gasteiger partial charge is 0.123 e. The van der Waals surface area contributed by atoms with E-state index < -0.39 is 0 Å².